The molecule has 0 saturated heterocycles. The normalized spacial score (nSPS) is 24.7. The van der Waals surface area contributed by atoms with Crippen molar-refractivity contribution in [3.63, 3.8) is 0 Å². The molecule has 5 unspecified atom stereocenters. The van der Waals surface area contributed by atoms with Crippen molar-refractivity contribution < 1.29 is 0 Å². The lowest BCUT2D eigenvalue weighted by Gasteiger charge is -2.64. The second kappa shape index (κ2) is 9.95. The minimum absolute atomic E-state index is 0.413. The molecule has 0 radical (unpaired) electrons. The SMILES string of the molecule is c1ccc(-c2nc(-c3ccccc3)nc(C3CC45CC(c6ccc(-n7c8ccccc8c8ccccc87)cc6)C4CCC35)n2)cc1. The Morgan fingerprint density at radius 2 is 1.00 bits per heavy atom. The van der Waals surface area contributed by atoms with Crippen LogP contribution in [0, 0.1) is 17.3 Å². The average Bonchev–Trinajstić information content (AvgIpc) is 3.54. The number of hydrogen-bond acceptors (Lipinski definition) is 3. The van der Waals surface area contributed by atoms with Crippen LogP contribution < -0.4 is 0 Å². The maximum absolute atomic E-state index is 5.12. The van der Waals surface area contributed by atoms with Crippen molar-refractivity contribution in [3.8, 4) is 28.5 Å². The second-order valence-electron chi connectivity index (χ2n) is 13.7. The number of para-hydroxylation sites is 2. The lowest BCUT2D eigenvalue weighted by Crippen LogP contribution is -2.56. The van der Waals surface area contributed by atoms with E-state index >= 15 is 0 Å². The molecule has 2 heterocycles. The van der Waals surface area contributed by atoms with Gasteiger partial charge in [-0.05, 0) is 78.7 Å². The first-order valence-corrected chi connectivity index (χ1v) is 16.7. The van der Waals surface area contributed by atoms with Gasteiger partial charge in [-0.15, -0.1) is 0 Å². The first-order valence-electron chi connectivity index (χ1n) is 16.7. The molecule has 5 aromatic carbocycles. The van der Waals surface area contributed by atoms with Crippen LogP contribution >= 0.6 is 0 Å². The van der Waals surface area contributed by atoms with Crippen molar-refractivity contribution in [2.24, 2.45) is 17.3 Å². The monoisotopic (exact) mass is 594 g/mol. The number of nitrogens with zero attached hydrogens (tertiary/aromatic N) is 4. The van der Waals surface area contributed by atoms with Gasteiger partial charge in [-0.1, -0.05) is 109 Å². The van der Waals surface area contributed by atoms with Crippen LogP contribution in [0.2, 0.25) is 0 Å². The van der Waals surface area contributed by atoms with E-state index in [1.165, 1.54) is 58.7 Å². The third-order valence-corrected chi connectivity index (χ3v) is 11.6. The lowest BCUT2D eigenvalue weighted by atomic mass is 9.40. The van der Waals surface area contributed by atoms with E-state index < -0.39 is 0 Å². The van der Waals surface area contributed by atoms with Gasteiger partial charge < -0.3 is 4.57 Å². The van der Waals surface area contributed by atoms with Gasteiger partial charge in [0.2, 0.25) is 0 Å². The van der Waals surface area contributed by atoms with Gasteiger partial charge in [0, 0.05) is 33.5 Å². The van der Waals surface area contributed by atoms with Crippen molar-refractivity contribution >= 4 is 21.8 Å². The van der Waals surface area contributed by atoms with E-state index in [4.69, 9.17) is 15.0 Å². The van der Waals surface area contributed by atoms with Gasteiger partial charge in [-0.2, -0.15) is 0 Å². The van der Waals surface area contributed by atoms with Crippen LogP contribution in [0.15, 0.2) is 133 Å². The van der Waals surface area contributed by atoms with Crippen molar-refractivity contribution in [3.05, 3.63) is 145 Å². The third kappa shape index (κ3) is 3.76. The molecule has 7 aromatic rings. The van der Waals surface area contributed by atoms with Gasteiger partial charge >= 0.3 is 0 Å². The molecule has 3 aliphatic carbocycles. The Labute approximate surface area is 268 Å². The Morgan fingerprint density at radius 3 is 1.59 bits per heavy atom. The summed E-state index contributed by atoms with van der Waals surface area (Å²) in [6.45, 7) is 0. The number of aromatic nitrogens is 4. The molecule has 3 fully saturated rings. The van der Waals surface area contributed by atoms with Crippen molar-refractivity contribution in [1.29, 1.82) is 0 Å². The van der Waals surface area contributed by atoms with Gasteiger partial charge in [0.05, 0.1) is 11.0 Å². The van der Waals surface area contributed by atoms with E-state index in [1.807, 2.05) is 12.1 Å². The Kier molecular flexibility index (Phi) is 5.66. The fraction of sp³-hybridized carbons (Fsp3) is 0.214. The molecular weight excluding hydrogens is 560 g/mol. The molecule has 5 atom stereocenters. The molecule has 4 nitrogen and oxygen atoms in total. The van der Waals surface area contributed by atoms with Crippen LogP contribution in [-0.4, -0.2) is 19.5 Å². The zero-order valence-corrected chi connectivity index (χ0v) is 25.6. The molecule has 2 aromatic heterocycles. The smallest absolute Gasteiger partial charge is 0.163 e. The van der Waals surface area contributed by atoms with E-state index in [-0.39, 0.29) is 0 Å². The fourth-order valence-electron chi connectivity index (χ4n) is 9.57. The number of rotatable bonds is 5. The maximum Gasteiger partial charge on any atom is 0.163 e. The quantitative estimate of drug-likeness (QED) is 0.199. The van der Waals surface area contributed by atoms with E-state index in [0.29, 0.717) is 23.2 Å². The summed E-state index contributed by atoms with van der Waals surface area (Å²) in [4.78, 5) is 15.2. The topological polar surface area (TPSA) is 43.6 Å². The predicted octanol–water partition coefficient (Wildman–Crippen LogP) is 9.99. The minimum atomic E-state index is 0.413. The van der Waals surface area contributed by atoms with E-state index in [9.17, 15) is 0 Å². The lowest BCUT2D eigenvalue weighted by molar-refractivity contribution is -0.104. The Bertz CT molecular complexity index is 2130. The second-order valence-corrected chi connectivity index (χ2v) is 13.7. The highest BCUT2D eigenvalue weighted by atomic mass is 15.0. The number of hydrogen-bond donors (Lipinski definition) is 0. The van der Waals surface area contributed by atoms with Crippen LogP contribution in [0.5, 0.6) is 0 Å². The standard InChI is InChI=1S/C42H34N4/c1-3-11-28(12-4-1)39-43-40(29-13-5-2-6-14-29)45-41(44-39)34-26-42-25-33(35(42)23-24-36(34)42)27-19-21-30(22-20-27)46-37-17-9-7-15-31(37)32-16-8-10-18-38(32)46/h1-22,33-36H,23-26H2. The average molecular weight is 595 g/mol. The first-order chi connectivity index (χ1) is 22.8. The van der Waals surface area contributed by atoms with Crippen LogP contribution in [0.1, 0.15) is 48.9 Å². The summed E-state index contributed by atoms with van der Waals surface area (Å²) >= 11 is 0. The molecule has 0 N–H and O–H groups in total. The zero-order chi connectivity index (χ0) is 30.2. The van der Waals surface area contributed by atoms with Gasteiger partial charge in [0.25, 0.3) is 0 Å². The summed E-state index contributed by atoms with van der Waals surface area (Å²) in [5.41, 5.74) is 7.82. The molecule has 4 heteroatoms. The fourth-order valence-corrected chi connectivity index (χ4v) is 9.57. The summed E-state index contributed by atoms with van der Waals surface area (Å²) in [5, 5.41) is 2.62. The first kappa shape index (κ1) is 26.2. The third-order valence-electron chi connectivity index (χ3n) is 11.6. The predicted molar refractivity (Wildman–Crippen MR) is 185 cm³/mol. The molecule has 0 bridgehead atoms. The van der Waals surface area contributed by atoms with Crippen molar-refractivity contribution in [2.75, 3.05) is 0 Å². The van der Waals surface area contributed by atoms with Crippen LogP contribution in [0.25, 0.3) is 50.3 Å². The molecule has 3 saturated carbocycles. The highest BCUT2D eigenvalue weighted by Gasteiger charge is 2.69. The molecule has 0 aliphatic heterocycles. The van der Waals surface area contributed by atoms with Gasteiger partial charge in [0.1, 0.15) is 5.82 Å². The molecule has 1 spiro atoms. The van der Waals surface area contributed by atoms with Crippen molar-refractivity contribution in [1.82, 2.24) is 19.5 Å². The largest absolute Gasteiger partial charge is 0.309 e. The number of fused-ring (bicyclic) bond motifs is 3. The maximum atomic E-state index is 5.12. The van der Waals surface area contributed by atoms with Crippen molar-refractivity contribution in [2.45, 2.75) is 37.5 Å². The molecule has 3 aliphatic rings. The summed E-state index contributed by atoms with van der Waals surface area (Å²) in [6.07, 6.45) is 5.07. The summed E-state index contributed by atoms with van der Waals surface area (Å²) in [7, 11) is 0. The van der Waals surface area contributed by atoms with E-state index in [0.717, 1.165) is 34.5 Å². The van der Waals surface area contributed by atoms with E-state index in [2.05, 4.69) is 126 Å². The molecule has 46 heavy (non-hydrogen) atoms. The van der Waals surface area contributed by atoms with E-state index in [1.54, 1.807) is 0 Å². The molecule has 10 rings (SSSR count). The zero-order valence-electron chi connectivity index (χ0n) is 25.6. The van der Waals surface area contributed by atoms with Gasteiger partial charge in [0.15, 0.2) is 11.6 Å². The van der Waals surface area contributed by atoms with Gasteiger partial charge in [-0.25, -0.2) is 15.0 Å². The van der Waals surface area contributed by atoms with Gasteiger partial charge in [-0.3, -0.25) is 0 Å². The highest BCUT2D eigenvalue weighted by Crippen LogP contribution is 2.78. The summed E-state index contributed by atoms with van der Waals surface area (Å²) < 4.78 is 2.42. The molecule has 222 valence electrons. The summed E-state index contributed by atoms with van der Waals surface area (Å²) in [6, 6.07) is 47.8. The Hall–Kier alpha value is -5.09. The summed E-state index contributed by atoms with van der Waals surface area (Å²) in [5.74, 6) is 5.05. The van der Waals surface area contributed by atoms with Crippen LogP contribution in [-0.2, 0) is 0 Å². The van der Waals surface area contributed by atoms with Crippen LogP contribution in [0.4, 0.5) is 0 Å². The number of benzene rings is 5. The Morgan fingerprint density at radius 1 is 0.500 bits per heavy atom. The Balaban J connectivity index is 0.931. The molecular formula is C42H34N4. The van der Waals surface area contributed by atoms with Crippen LogP contribution in [0.3, 0.4) is 0 Å². The molecule has 0 amide bonds. The minimum Gasteiger partial charge on any atom is -0.309 e. The highest BCUT2D eigenvalue weighted by molar-refractivity contribution is 6.09.